The minimum absolute atomic E-state index is 0.109. The molecule has 0 bridgehead atoms. The number of carbonyl (C=O) groups excluding carboxylic acids is 1. The number of nitrogens with one attached hydrogen (secondary N) is 1. The SMILES string of the molecule is CCc1cccc2c(C(=O)c3ccc(C)s3)c[nH]c12. The molecule has 2 nitrogen and oxygen atoms in total. The summed E-state index contributed by atoms with van der Waals surface area (Å²) in [5.74, 6) is 0.109. The molecule has 3 aromatic rings. The minimum Gasteiger partial charge on any atom is -0.360 e. The van der Waals surface area contributed by atoms with E-state index in [-0.39, 0.29) is 5.78 Å². The third-order valence-corrected chi connectivity index (χ3v) is 4.39. The number of fused-ring (bicyclic) bond motifs is 1. The first-order chi connectivity index (χ1) is 9.20. The second-order valence-corrected chi connectivity index (χ2v) is 5.92. The van der Waals surface area contributed by atoms with Crippen molar-refractivity contribution in [2.75, 3.05) is 0 Å². The quantitative estimate of drug-likeness (QED) is 0.705. The highest BCUT2D eigenvalue weighted by Gasteiger charge is 2.16. The van der Waals surface area contributed by atoms with Crippen molar-refractivity contribution in [3.8, 4) is 0 Å². The molecule has 0 radical (unpaired) electrons. The smallest absolute Gasteiger partial charge is 0.205 e. The first-order valence-corrected chi connectivity index (χ1v) is 7.22. The largest absolute Gasteiger partial charge is 0.360 e. The van der Waals surface area contributed by atoms with Gasteiger partial charge in [0.2, 0.25) is 5.78 Å². The highest BCUT2D eigenvalue weighted by molar-refractivity contribution is 7.14. The van der Waals surface area contributed by atoms with Gasteiger partial charge in [-0.25, -0.2) is 0 Å². The fraction of sp³-hybridized carbons (Fsp3) is 0.188. The van der Waals surface area contributed by atoms with Crippen LogP contribution in [0.25, 0.3) is 10.9 Å². The number of aromatic nitrogens is 1. The number of benzene rings is 1. The molecule has 0 aliphatic rings. The van der Waals surface area contributed by atoms with Gasteiger partial charge in [-0.3, -0.25) is 4.79 Å². The molecule has 1 N–H and O–H groups in total. The van der Waals surface area contributed by atoms with Gasteiger partial charge in [-0.2, -0.15) is 0 Å². The van der Waals surface area contributed by atoms with Gasteiger partial charge in [-0.1, -0.05) is 25.1 Å². The van der Waals surface area contributed by atoms with Crippen LogP contribution in [-0.4, -0.2) is 10.8 Å². The summed E-state index contributed by atoms with van der Waals surface area (Å²) in [6.45, 7) is 4.14. The van der Waals surface area contributed by atoms with E-state index in [2.05, 4.69) is 18.0 Å². The zero-order valence-corrected chi connectivity index (χ0v) is 11.8. The summed E-state index contributed by atoms with van der Waals surface area (Å²) in [4.78, 5) is 17.7. The average Bonchev–Trinajstić information content (AvgIpc) is 3.03. The molecular formula is C16H15NOS. The Bertz CT molecular complexity index is 751. The lowest BCUT2D eigenvalue weighted by Gasteiger charge is -2.00. The maximum absolute atomic E-state index is 12.5. The second-order valence-electron chi connectivity index (χ2n) is 4.64. The van der Waals surface area contributed by atoms with Crippen molar-refractivity contribution >= 4 is 28.0 Å². The number of hydrogen-bond acceptors (Lipinski definition) is 2. The fourth-order valence-corrected chi connectivity index (χ4v) is 3.21. The number of ketones is 1. The van der Waals surface area contributed by atoms with Gasteiger partial charge >= 0.3 is 0 Å². The number of rotatable bonds is 3. The van der Waals surface area contributed by atoms with Crippen molar-refractivity contribution in [2.45, 2.75) is 20.3 Å². The van der Waals surface area contributed by atoms with E-state index in [1.165, 1.54) is 5.56 Å². The molecule has 0 saturated heterocycles. The number of carbonyl (C=O) groups is 1. The molecular weight excluding hydrogens is 254 g/mol. The molecule has 2 heterocycles. The van der Waals surface area contributed by atoms with E-state index in [1.807, 2.05) is 37.4 Å². The zero-order chi connectivity index (χ0) is 13.4. The third kappa shape index (κ3) is 2.00. The molecule has 1 aromatic carbocycles. The Hall–Kier alpha value is -1.87. The molecule has 0 unspecified atom stereocenters. The first-order valence-electron chi connectivity index (χ1n) is 6.41. The Morgan fingerprint density at radius 3 is 2.79 bits per heavy atom. The molecule has 3 heteroatoms. The zero-order valence-electron chi connectivity index (χ0n) is 11.0. The maximum Gasteiger partial charge on any atom is 0.205 e. The Balaban J connectivity index is 2.13. The van der Waals surface area contributed by atoms with Crippen LogP contribution in [0.1, 0.15) is 32.6 Å². The monoisotopic (exact) mass is 269 g/mol. The van der Waals surface area contributed by atoms with Gasteiger partial charge in [0, 0.05) is 27.5 Å². The molecule has 0 aliphatic heterocycles. The lowest BCUT2D eigenvalue weighted by molar-refractivity contribution is 0.104. The summed E-state index contributed by atoms with van der Waals surface area (Å²) in [5, 5.41) is 1.02. The number of aryl methyl sites for hydroxylation is 2. The lowest BCUT2D eigenvalue weighted by Crippen LogP contribution is -1.96. The number of aromatic amines is 1. The molecule has 0 amide bonds. The predicted molar refractivity (Wildman–Crippen MR) is 80.2 cm³/mol. The summed E-state index contributed by atoms with van der Waals surface area (Å²) in [6, 6.07) is 10.0. The summed E-state index contributed by atoms with van der Waals surface area (Å²) in [6.07, 6.45) is 2.80. The normalized spacial score (nSPS) is 11.1. The van der Waals surface area contributed by atoms with E-state index in [4.69, 9.17) is 0 Å². The van der Waals surface area contributed by atoms with Gasteiger partial charge < -0.3 is 4.98 Å². The van der Waals surface area contributed by atoms with Gasteiger partial charge in [0.1, 0.15) is 0 Å². The molecule has 96 valence electrons. The molecule has 0 aliphatic carbocycles. The molecule has 3 rings (SSSR count). The summed E-state index contributed by atoms with van der Waals surface area (Å²) < 4.78 is 0. The molecule has 0 atom stereocenters. The maximum atomic E-state index is 12.5. The van der Waals surface area contributed by atoms with Crippen molar-refractivity contribution in [2.24, 2.45) is 0 Å². The van der Waals surface area contributed by atoms with E-state index in [0.29, 0.717) is 0 Å². The predicted octanol–water partition coefficient (Wildman–Crippen LogP) is 4.33. The summed E-state index contributed by atoms with van der Waals surface area (Å²) in [5.41, 5.74) is 3.10. The van der Waals surface area contributed by atoms with Crippen LogP contribution >= 0.6 is 11.3 Å². The number of para-hydroxylation sites is 1. The minimum atomic E-state index is 0.109. The Morgan fingerprint density at radius 2 is 2.11 bits per heavy atom. The highest BCUT2D eigenvalue weighted by Crippen LogP contribution is 2.26. The van der Waals surface area contributed by atoms with Crippen molar-refractivity contribution in [1.29, 1.82) is 0 Å². The Kier molecular flexibility index (Phi) is 2.99. The van der Waals surface area contributed by atoms with Gasteiger partial charge in [-0.15, -0.1) is 11.3 Å². The van der Waals surface area contributed by atoms with E-state index in [0.717, 1.165) is 32.6 Å². The fourth-order valence-electron chi connectivity index (χ4n) is 2.39. The van der Waals surface area contributed by atoms with Crippen LogP contribution in [-0.2, 0) is 6.42 Å². The van der Waals surface area contributed by atoms with Crippen LogP contribution in [0.15, 0.2) is 36.5 Å². The van der Waals surface area contributed by atoms with Gasteiger partial charge in [0.15, 0.2) is 0 Å². The molecule has 0 spiro atoms. The Morgan fingerprint density at radius 1 is 1.26 bits per heavy atom. The molecule has 19 heavy (non-hydrogen) atoms. The van der Waals surface area contributed by atoms with E-state index >= 15 is 0 Å². The van der Waals surface area contributed by atoms with Crippen LogP contribution in [0.3, 0.4) is 0 Å². The van der Waals surface area contributed by atoms with Gasteiger partial charge in [-0.05, 0) is 31.0 Å². The highest BCUT2D eigenvalue weighted by atomic mass is 32.1. The lowest BCUT2D eigenvalue weighted by atomic mass is 10.0. The van der Waals surface area contributed by atoms with Crippen LogP contribution in [0.5, 0.6) is 0 Å². The van der Waals surface area contributed by atoms with Crippen molar-refractivity contribution in [1.82, 2.24) is 4.98 Å². The van der Waals surface area contributed by atoms with Crippen molar-refractivity contribution < 1.29 is 4.79 Å². The third-order valence-electron chi connectivity index (χ3n) is 3.39. The first kappa shape index (κ1) is 12.2. The van der Waals surface area contributed by atoms with Gasteiger partial charge in [0.05, 0.1) is 4.88 Å². The topological polar surface area (TPSA) is 32.9 Å². The number of thiophene rings is 1. The number of hydrogen-bond donors (Lipinski definition) is 1. The van der Waals surface area contributed by atoms with E-state index < -0.39 is 0 Å². The van der Waals surface area contributed by atoms with Gasteiger partial charge in [0.25, 0.3) is 0 Å². The van der Waals surface area contributed by atoms with E-state index in [9.17, 15) is 4.79 Å². The standard InChI is InChI=1S/C16H15NOS/c1-3-11-5-4-6-12-13(9-17-15(11)12)16(18)14-8-7-10(2)19-14/h4-9,17H,3H2,1-2H3. The molecule has 0 saturated carbocycles. The van der Waals surface area contributed by atoms with Crippen LogP contribution in [0, 0.1) is 6.92 Å². The number of H-pyrrole nitrogens is 1. The second kappa shape index (κ2) is 4.67. The van der Waals surface area contributed by atoms with Crippen LogP contribution < -0.4 is 0 Å². The van der Waals surface area contributed by atoms with Crippen LogP contribution in [0.4, 0.5) is 0 Å². The van der Waals surface area contributed by atoms with Crippen molar-refractivity contribution in [3.63, 3.8) is 0 Å². The summed E-state index contributed by atoms with van der Waals surface area (Å²) in [7, 11) is 0. The Labute approximate surface area is 116 Å². The summed E-state index contributed by atoms with van der Waals surface area (Å²) >= 11 is 1.55. The van der Waals surface area contributed by atoms with Crippen molar-refractivity contribution in [3.05, 3.63) is 57.4 Å². The van der Waals surface area contributed by atoms with Crippen LogP contribution in [0.2, 0.25) is 0 Å². The molecule has 0 fully saturated rings. The average molecular weight is 269 g/mol. The molecule has 2 aromatic heterocycles. The van der Waals surface area contributed by atoms with E-state index in [1.54, 1.807) is 11.3 Å².